The van der Waals surface area contributed by atoms with Gasteiger partial charge in [-0.15, -0.1) is 0 Å². The molecule has 1 aromatic rings. The quantitative estimate of drug-likeness (QED) is 0.824. The number of nitrogens with zero attached hydrogens (tertiary/aromatic N) is 1. The van der Waals surface area contributed by atoms with E-state index in [1.807, 2.05) is 24.3 Å². The van der Waals surface area contributed by atoms with Gasteiger partial charge in [0.05, 0.1) is 12.2 Å². The molecule has 1 aliphatic heterocycles. The van der Waals surface area contributed by atoms with E-state index in [0.29, 0.717) is 32.1 Å². The topological polar surface area (TPSA) is 64.8 Å². The largest absolute Gasteiger partial charge is 0.492 e. The summed E-state index contributed by atoms with van der Waals surface area (Å²) in [5, 5.41) is 0. The van der Waals surface area contributed by atoms with Crippen LogP contribution in [0.3, 0.4) is 0 Å². The fourth-order valence-electron chi connectivity index (χ4n) is 1.55. The number of cyclic esters (lactones) is 1. The van der Waals surface area contributed by atoms with Crippen LogP contribution >= 0.6 is 0 Å². The fraction of sp³-hybridized carbons (Fsp3) is 0.364. The molecule has 2 N–H and O–H groups in total. The summed E-state index contributed by atoms with van der Waals surface area (Å²) < 4.78 is 10.3. The van der Waals surface area contributed by atoms with Crippen LogP contribution in [0.1, 0.15) is 0 Å². The van der Waals surface area contributed by atoms with Gasteiger partial charge in [0.15, 0.2) is 0 Å². The fourth-order valence-corrected chi connectivity index (χ4v) is 1.55. The molecule has 16 heavy (non-hydrogen) atoms. The second-order valence-electron chi connectivity index (χ2n) is 3.40. The number of hydrogen-bond acceptors (Lipinski definition) is 4. The van der Waals surface area contributed by atoms with Gasteiger partial charge in [0.2, 0.25) is 0 Å². The van der Waals surface area contributed by atoms with Crippen molar-refractivity contribution in [2.75, 3.05) is 31.2 Å². The smallest absolute Gasteiger partial charge is 0.414 e. The standard InChI is InChI=1S/C11H14N2O3/c12-4-6-15-10-3-1-2-9(8-10)13-5-7-16-11(13)14/h1-3,8H,4-7,12H2. The number of rotatable bonds is 4. The lowest BCUT2D eigenvalue weighted by molar-refractivity contribution is 0.181. The Bertz CT molecular complexity index is 381. The van der Waals surface area contributed by atoms with E-state index >= 15 is 0 Å². The molecule has 0 spiro atoms. The molecule has 0 unspecified atom stereocenters. The van der Waals surface area contributed by atoms with Crippen molar-refractivity contribution in [1.82, 2.24) is 0 Å². The molecule has 86 valence electrons. The number of carbonyl (C=O) groups excluding carboxylic acids is 1. The van der Waals surface area contributed by atoms with Crippen LogP contribution in [0.4, 0.5) is 10.5 Å². The van der Waals surface area contributed by atoms with Gasteiger partial charge in [-0.1, -0.05) is 6.07 Å². The van der Waals surface area contributed by atoms with Crippen LogP contribution < -0.4 is 15.4 Å². The summed E-state index contributed by atoms with van der Waals surface area (Å²) in [5.74, 6) is 0.711. The monoisotopic (exact) mass is 222 g/mol. The number of nitrogens with two attached hydrogens (primary N) is 1. The van der Waals surface area contributed by atoms with E-state index in [1.165, 1.54) is 0 Å². The number of amides is 1. The second-order valence-corrected chi connectivity index (χ2v) is 3.40. The highest BCUT2D eigenvalue weighted by Gasteiger charge is 2.23. The third-order valence-electron chi connectivity index (χ3n) is 2.28. The minimum absolute atomic E-state index is 0.309. The zero-order valence-electron chi connectivity index (χ0n) is 8.89. The maximum atomic E-state index is 11.3. The van der Waals surface area contributed by atoms with Gasteiger partial charge in [-0.25, -0.2) is 4.79 Å². The Hall–Kier alpha value is -1.75. The van der Waals surface area contributed by atoms with Crippen molar-refractivity contribution in [3.63, 3.8) is 0 Å². The molecule has 1 aliphatic rings. The first-order valence-corrected chi connectivity index (χ1v) is 5.18. The Morgan fingerprint density at radius 2 is 2.38 bits per heavy atom. The molecule has 2 rings (SSSR count). The molecule has 1 amide bonds. The van der Waals surface area contributed by atoms with Crippen LogP contribution in [0.15, 0.2) is 24.3 Å². The number of ether oxygens (including phenoxy) is 2. The van der Waals surface area contributed by atoms with E-state index in [-0.39, 0.29) is 6.09 Å². The molecule has 1 heterocycles. The van der Waals surface area contributed by atoms with Crippen molar-refractivity contribution in [2.24, 2.45) is 5.73 Å². The molecular weight excluding hydrogens is 208 g/mol. The first-order chi connectivity index (χ1) is 7.81. The maximum Gasteiger partial charge on any atom is 0.414 e. The van der Waals surface area contributed by atoms with Crippen molar-refractivity contribution in [3.05, 3.63) is 24.3 Å². The minimum atomic E-state index is -0.309. The summed E-state index contributed by atoms with van der Waals surface area (Å²) >= 11 is 0. The molecule has 0 aromatic heterocycles. The average molecular weight is 222 g/mol. The molecule has 1 saturated heterocycles. The number of anilines is 1. The predicted molar refractivity (Wildman–Crippen MR) is 59.7 cm³/mol. The van der Waals surface area contributed by atoms with Gasteiger partial charge in [0.1, 0.15) is 19.0 Å². The molecule has 1 fully saturated rings. The van der Waals surface area contributed by atoms with Crippen molar-refractivity contribution >= 4 is 11.8 Å². The van der Waals surface area contributed by atoms with Crippen LogP contribution in [0.5, 0.6) is 5.75 Å². The molecule has 0 radical (unpaired) electrons. The Balaban J connectivity index is 2.12. The molecular formula is C11H14N2O3. The van der Waals surface area contributed by atoms with Gasteiger partial charge in [-0.3, -0.25) is 4.90 Å². The van der Waals surface area contributed by atoms with E-state index in [1.54, 1.807) is 4.90 Å². The van der Waals surface area contributed by atoms with Gasteiger partial charge >= 0.3 is 6.09 Å². The average Bonchev–Trinajstić information content (AvgIpc) is 2.73. The maximum absolute atomic E-state index is 11.3. The number of benzene rings is 1. The van der Waals surface area contributed by atoms with Gasteiger partial charge in [-0.05, 0) is 12.1 Å². The van der Waals surface area contributed by atoms with Gasteiger partial charge in [0, 0.05) is 12.6 Å². The van der Waals surface area contributed by atoms with E-state index in [9.17, 15) is 4.79 Å². The lowest BCUT2D eigenvalue weighted by atomic mass is 10.3. The number of hydrogen-bond donors (Lipinski definition) is 1. The summed E-state index contributed by atoms with van der Waals surface area (Å²) in [7, 11) is 0. The van der Waals surface area contributed by atoms with Crippen molar-refractivity contribution in [1.29, 1.82) is 0 Å². The molecule has 5 nitrogen and oxygen atoms in total. The highest BCUT2D eigenvalue weighted by Crippen LogP contribution is 2.23. The van der Waals surface area contributed by atoms with Crippen LogP contribution in [0, 0.1) is 0 Å². The van der Waals surface area contributed by atoms with Crippen LogP contribution in [0.2, 0.25) is 0 Å². The van der Waals surface area contributed by atoms with E-state index in [0.717, 1.165) is 5.69 Å². The summed E-state index contributed by atoms with van der Waals surface area (Å²) in [4.78, 5) is 12.9. The van der Waals surface area contributed by atoms with Crippen molar-refractivity contribution in [3.8, 4) is 5.75 Å². The first kappa shape index (κ1) is 10.8. The predicted octanol–water partition coefficient (Wildman–Crippen LogP) is 0.981. The van der Waals surface area contributed by atoms with Gasteiger partial charge in [-0.2, -0.15) is 0 Å². The zero-order chi connectivity index (χ0) is 11.4. The third-order valence-corrected chi connectivity index (χ3v) is 2.28. The van der Waals surface area contributed by atoms with Gasteiger partial charge < -0.3 is 15.2 Å². The van der Waals surface area contributed by atoms with E-state index in [4.69, 9.17) is 15.2 Å². The molecule has 0 bridgehead atoms. The first-order valence-electron chi connectivity index (χ1n) is 5.18. The number of carbonyl (C=O) groups is 1. The Morgan fingerprint density at radius 3 is 3.06 bits per heavy atom. The van der Waals surface area contributed by atoms with Crippen LogP contribution in [-0.4, -0.2) is 32.4 Å². The van der Waals surface area contributed by atoms with Gasteiger partial charge in [0.25, 0.3) is 0 Å². The SMILES string of the molecule is NCCOc1cccc(N2CCOC2=O)c1. The highest BCUT2D eigenvalue weighted by molar-refractivity contribution is 5.89. The Labute approximate surface area is 93.7 Å². The summed E-state index contributed by atoms with van der Waals surface area (Å²) in [6, 6.07) is 7.33. The van der Waals surface area contributed by atoms with Crippen molar-refractivity contribution < 1.29 is 14.3 Å². The van der Waals surface area contributed by atoms with E-state index < -0.39 is 0 Å². The van der Waals surface area contributed by atoms with Crippen LogP contribution in [-0.2, 0) is 4.74 Å². The minimum Gasteiger partial charge on any atom is -0.492 e. The van der Waals surface area contributed by atoms with Crippen molar-refractivity contribution in [2.45, 2.75) is 0 Å². The Morgan fingerprint density at radius 1 is 1.50 bits per heavy atom. The van der Waals surface area contributed by atoms with E-state index in [2.05, 4.69) is 0 Å². The molecule has 5 heteroatoms. The molecule has 0 aliphatic carbocycles. The summed E-state index contributed by atoms with van der Waals surface area (Å²) in [5.41, 5.74) is 6.14. The highest BCUT2D eigenvalue weighted by atomic mass is 16.6. The molecule has 1 aromatic carbocycles. The normalized spacial score (nSPS) is 15.1. The Kier molecular flexibility index (Phi) is 3.26. The summed E-state index contributed by atoms with van der Waals surface area (Å²) in [6.07, 6.45) is -0.309. The third kappa shape index (κ3) is 2.25. The van der Waals surface area contributed by atoms with Crippen LogP contribution in [0.25, 0.3) is 0 Å². The molecule has 0 saturated carbocycles. The zero-order valence-corrected chi connectivity index (χ0v) is 8.89. The lowest BCUT2D eigenvalue weighted by Crippen LogP contribution is -2.23. The lowest BCUT2D eigenvalue weighted by Gasteiger charge is -2.13. The summed E-state index contributed by atoms with van der Waals surface area (Å²) in [6.45, 7) is 1.95. The second kappa shape index (κ2) is 4.85. The molecule has 0 atom stereocenters.